The molecule has 5 nitrogen and oxygen atoms in total. The van der Waals surface area contributed by atoms with Gasteiger partial charge in [0.2, 0.25) is 0 Å². The summed E-state index contributed by atoms with van der Waals surface area (Å²) in [6.45, 7) is 2.31. The molecule has 1 unspecified atom stereocenters. The molecule has 0 saturated carbocycles. The van der Waals surface area contributed by atoms with Crippen LogP contribution in [0.1, 0.15) is 41.2 Å². The minimum atomic E-state index is 0.0678. The van der Waals surface area contributed by atoms with E-state index in [1.54, 1.807) is 6.20 Å². The molecule has 0 spiro atoms. The van der Waals surface area contributed by atoms with Crippen molar-refractivity contribution in [3.63, 3.8) is 0 Å². The molecule has 0 radical (unpaired) electrons. The molecule has 144 valence electrons. The van der Waals surface area contributed by atoms with Gasteiger partial charge in [-0.2, -0.15) is 0 Å². The van der Waals surface area contributed by atoms with Gasteiger partial charge in [-0.15, -0.1) is 0 Å². The van der Waals surface area contributed by atoms with Gasteiger partial charge in [0.1, 0.15) is 5.82 Å². The summed E-state index contributed by atoms with van der Waals surface area (Å²) in [5.41, 5.74) is 1.81. The van der Waals surface area contributed by atoms with Crippen molar-refractivity contribution in [2.45, 2.75) is 25.3 Å². The van der Waals surface area contributed by atoms with E-state index in [9.17, 15) is 4.79 Å². The van der Waals surface area contributed by atoms with Crippen LogP contribution in [0, 0.1) is 0 Å². The second-order valence-corrected chi connectivity index (χ2v) is 7.60. The summed E-state index contributed by atoms with van der Waals surface area (Å²) in [5.74, 6) is 0.715. The molecule has 1 amide bonds. The number of likely N-dealkylation sites (tertiary alicyclic amines) is 1. The van der Waals surface area contributed by atoms with Crippen molar-refractivity contribution in [2.24, 2.45) is 0 Å². The average molecular weight is 387 g/mol. The predicted octanol–water partition coefficient (Wildman–Crippen LogP) is 4.08. The summed E-state index contributed by atoms with van der Waals surface area (Å²) in [4.78, 5) is 21.4. The van der Waals surface area contributed by atoms with E-state index in [1.165, 1.54) is 6.42 Å². The van der Waals surface area contributed by atoms with Gasteiger partial charge < -0.3 is 15.1 Å². The van der Waals surface area contributed by atoms with Gasteiger partial charge in [-0.1, -0.05) is 23.7 Å². The van der Waals surface area contributed by atoms with Gasteiger partial charge in [0.25, 0.3) is 5.91 Å². The van der Waals surface area contributed by atoms with Gasteiger partial charge in [-0.3, -0.25) is 4.79 Å². The zero-order chi connectivity index (χ0) is 19.2. The van der Waals surface area contributed by atoms with Gasteiger partial charge >= 0.3 is 0 Å². The van der Waals surface area contributed by atoms with Crippen LogP contribution in [-0.4, -0.2) is 54.4 Å². The molecule has 3 rings (SSSR count). The largest absolute Gasteiger partial charge is 0.367 e. The molecular formula is C21H27ClN4O. The van der Waals surface area contributed by atoms with Crippen molar-refractivity contribution >= 4 is 23.3 Å². The molecule has 1 saturated heterocycles. The zero-order valence-electron chi connectivity index (χ0n) is 16.0. The molecule has 1 aromatic carbocycles. The maximum atomic E-state index is 12.9. The van der Waals surface area contributed by atoms with E-state index in [0.29, 0.717) is 17.9 Å². The summed E-state index contributed by atoms with van der Waals surface area (Å²) in [7, 11) is 4.08. The number of anilines is 1. The Bertz CT molecular complexity index is 757. The number of rotatable bonds is 6. The van der Waals surface area contributed by atoms with E-state index < -0.39 is 0 Å². The van der Waals surface area contributed by atoms with E-state index in [-0.39, 0.29) is 11.9 Å². The highest BCUT2D eigenvalue weighted by Crippen LogP contribution is 2.23. The molecule has 1 atom stereocenters. The van der Waals surface area contributed by atoms with E-state index in [0.717, 1.165) is 36.5 Å². The molecule has 1 fully saturated rings. The maximum absolute atomic E-state index is 12.9. The first-order valence-electron chi connectivity index (χ1n) is 9.46. The van der Waals surface area contributed by atoms with Crippen LogP contribution in [0.4, 0.5) is 5.82 Å². The highest BCUT2D eigenvalue weighted by atomic mass is 35.5. The molecule has 0 bridgehead atoms. The number of nitrogens with one attached hydrogen (secondary N) is 1. The Morgan fingerprint density at radius 1 is 1.19 bits per heavy atom. The Morgan fingerprint density at radius 2 is 1.89 bits per heavy atom. The summed E-state index contributed by atoms with van der Waals surface area (Å²) < 4.78 is 0. The van der Waals surface area contributed by atoms with Crippen LogP contribution < -0.4 is 5.32 Å². The molecule has 1 aromatic heterocycles. The molecule has 1 N–H and O–H groups in total. The zero-order valence-corrected chi connectivity index (χ0v) is 16.7. The fraction of sp³-hybridized carbons (Fsp3) is 0.429. The SMILES string of the molecule is CN(C)C(CNc1ncccc1C(=O)N1CCCCC1)c1ccc(Cl)cc1. The number of hydrogen-bond donors (Lipinski definition) is 1. The fourth-order valence-electron chi connectivity index (χ4n) is 3.46. The van der Waals surface area contributed by atoms with E-state index >= 15 is 0 Å². The predicted molar refractivity (Wildman–Crippen MR) is 110 cm³/mol. The van der Waals surface area contributed by atoms with Crippen LogP contribution in [0.5, 0.6) is 0 Å². The smallest absolute Gasteiger partial charge is 0.257 e. The molecule has 1 aliphatic rings. The Hall–Kier alpha value is -2.11. The quantitative estimate of drug-likeness (QED) is 0.812. The van der Waals surface area contributed by atoms with Crippen molar-refractivity contribution in [1.29, 1.82) is 0 Å². The minimum Gasteiger partial charge on any atom is -0.367 e. The Kier molecular flexibility index (Phi) is 6.69. The standard InChI is InChI=1S/C21H27ClN4O/c1-25(2)19(16-8-10-17(22)11-9-16)15-24-20-18(7-6-12-23-20)21(27)26-13-4-3-5-14-26/h6-12,19H,3-5,13-15H2,1-2H3,(H,23,24). The average Bonchev–Trinajstić information content (AvgIpc) is 2.70. The third-order valence-electron chi connectivity index (χ3n) is 5.02. The van der Waals surface area contributed by atoms with Crippen LogP contribution >= 0.6 is 11.6 Å². The van der Waals surface area contributed by atoms with Crippen molar-refractivity contribution in [2.75, 3.05) is 39.0 Å². The number of aromatic nitrogens is 1. The second kappa shape index (κ2) is 9.20. The maximum Gasteiger partial charge on any atom is 0.257 e. The number of pyridine rings is 1. The number of amides is 1. The normalized spacial score (nSPS) is 15.6. The molecule has 27 heavy (non-hydrogen) atoms. The fourth-order valence-corrected chi connectivity index (χ4v) is 3.59. The molecule has 2 heterocycles. The van der Waals surface area contributed by atoms with E-state index in [2.05, 4.69) is 15.2 Å². The molecule has 0 aliphatic carbocycles. The Morgan fingerprint density at radius 3 is 2.56 bits per heavy atom. The minimum absolute atomic E-state index is 0.0678. The van der Waals surface area contributed by atoms with Crippen LogP contribution in [0.15, 0.2) is 42.6 Å². The Balaban J connectivity index is 1.74. The topological polar surface area (TPSA) is 48.5 Å². The van der Waals surface area contributed by atoms with Crippen molar-refractivity contribution < 1.29 is 4.79 Å². The third kappa shape index (κ3) is 4.99. The number of nitrogens with zero attached hydrogens (tertiary/aromatic N) is 3. The first-order chi connectivity index (χ1) is 13.1. The van der Waals surface area contributed by atoms with Crippen LogP contribution in [-0.2, 0) is 0 Å². The third-order valence-corrected chi connectivity index (χ3v) is 5.27. The molecule has 2 aromatic rings. The second-order valence-electron chi connectivity index (χ2n) is 7.16. The van der Waals surface area contributed by atoms with E-state index in [4.69, 9.17) is 11.6 Å². The summed E-state index contributed by atoms with van der Waals surface area (Å²) >= 11 is 6.02. The number of carbonyl (C=O) groups is 1. The van der Waals surface area contributed by atoms with E-state index in [1.807, 2.05) is 55.4 Å². The monoisotopic (exact) mass is 386 g/mol. The lowest BCUT2D eigenvalue weighted by Gasteiger charge is -2.28. The first kappa shape index (κ1) is 19.6. The van der Waals surface area contributed by atoms with Gasteiger partial charge in [-0.25, -0.2) is 4.98 Å². The highest BCUT2D eigenvalue weighted by Gasteiger charge is 2.22. The van der Waals surface area contributed by atoms with Gasteiger partial charge in [0, 0.05) is 30.9 Å². The Labute approximate surface area is 166 Å². The first-order valence-corrected chi connectivity index (χ1v) is 9.84. The molecular weight excluding hydrogens is 360 g/mol. The highest BCUT2D eigenvalue weighted by molar-refractivity contribution is 6.30. The number of piperidine rings is 1. The lowest BCUT2D eigenvalue weighted by atomic mass is 10.1. The molecule has 1 aliphatic heterocycles. The molecule has 6 heteroatoms. The van der Waals surface area contributed by atoms with Crippen molar-refractivity contribution in [1.82, 2.24) is 14.8 Å². The van der Waals surface area contributed by atoms with Gasteiger partial charge in [-0.05, 0) is 63.2 Å². The van der Waals surface area contributed by atoms with Crippen LogP contribution in [0.25, 0.3) is 0 Å². The lowest BCUT2D eigenvalue weighted by molar-refractivity contribution is 0.0725. The lowest BCUT2D eigenvalue weighted by Crippen LogP contribution is -2.36. The van der Waals surface area contributed by atoms with Crippen LogP contribution in [0.3, 0.4) is 0 Å². The number of likely N-dealkylation sites (N-methyl/N-ethyl adjacent to an activating group) is 1. The number of halogens is 1. The number of benzene rings is 1. The van der Waals surface area contributed by atoms with Crippen molar-refractivity contribution in [3.05, 3.63) is 58.7 Å². The summed E-state index contributed by atoms with van der Waals surface area (Å²) in [5, 5.41) is 4.12. The van der Waals surface area contributed by atoms with Gasteiger partial charge in [0.15, 0.2) is 0 Å². The summed E-state index contributed by atoms with van der Waals surface area (Å²) in [6, 6.07) is 11.7. The summed E-state index contributed by atoms with van der Waals surface area (Å²) in [6.07, 6.45) is 5.08. The van der Waals surface area contributed by atoms with Crippen molar-refractivity contribution in [3.8, 4) is 0 Å². The number of carbonyl (C=O) groups excluding carboxylic acids is 1. The van der Waals surface area contributed by atoms with Crippen LogP contribution in [0.2, 0.25) is 5.02 Å². The number of hydrogen-bond acceptors (Lipinski definition) is 4. The van der Waals surface area contributed by atoms with Gasteiger partial charge in [0.05, 0.1) is 11.6 Å².